The van der Waals surface area contributed by atoms with Crippen LogP contribution in [0.25, 0.3) is 0 Å². The van der Waals surface area contributed by atoms with Crippen molar-refractivity contribution in [3.63, 3.8) is 0 Å². The van der Waals surface area contributed by atoms with Crippen LogP contribution in [-0.4, -0.2) is 87.9 Å². The van der Waals surface area contributed by atoms with Crippen molar-refractivity contribution in [2.45, 2.75) is 39.0 Å². The maximum atomic E-state index is 5.39. The first kappa shape index (κ1) is 19.5. The van der Waals surface area contributed by atoms with Gasteiger partial charge in [-0.05, 0) is 45.8 Å². The first-order valence-corrected chi connectivity index (χ1v) is 9.93. The molecule has 0 aliphatic carbocycles. The molecule has 2 saturated heterocycles. The third-order valence-electron chi connectivity index (χ3n) is 4.77. The van der Waals surface area contributed by atoms with E-state index >= 15 is 0 Å². The van der Waals surface area contributed by atoms with Crippen LogP contribution >= 0.6 is 0 Å². The lowest BCUT2D eigenvalue weighted by Crippen LogP contribution is -2.44. The Labute approximate surface area is 148 Å². The van der Waals surface area contributed by atoms with E-state index in [2.05, 4.69) is 27.4 Å². The van der Waals surface area contributed by atoms with Crippen molar-refractivity contribution in [2.24, 2.45) is 4.99 Å². The molecule has 2 N–H and O–H groups in total. The van der Waals surface area contributed by atoms with Crippen molar-refractivity contribution in [1.82, 2.24) is 20.4 Å². The molecule has 0 radical (unpaired) electrons. The Balaban J connectivity index is 1.60. The summed E-state index contributed by atoms with van der Waals surface area (Å²) in [4.78, 5) is 9.78. The number of guanidine groups is 1. The van der Waals surface area contributed by atoms with Crippen molar-refractivity contribution in [3.05, 3.63) is 0 Å². The van der Waals surface area contributed by atoms with Gasteiger partial charge in [0.1, 0.15) is 0 Å². The highest BCUT2D eigenvalue weighted by Crippen LogP contribution is 2.09. The van der Waals surface area contributed by atoms with E-state index < -0.39 is 0 Å². The van der Waals surface area contributed by atoms with Crippen LogP contribution in [0.3, 0.4) is 0 Å². The van der Waals surface area contributed by atoms with Crippen molar-refractivity contribution in [3.8, 4) is 0 Å². The summed E-state index contributed by atoms with van der Waals surface area (Å²) < 4.78 is 5.39. The summed E-state index contributed by atoms with van der Waals surface area (Å²) in [5, 5.41) is 6.81. The number of morpholine rings is 1. The number of rotatable bonds is 8. The predicted octanol–water partition coefficient (Wildman–Crippen LogP) is 1.14. The zero-order valence-electron chi connectivity index (χ0n) is 15.6. The third kappa shape index (κ3) is 8.31. The molecule has 0 spiro atoms. The number of likely N-dealkylation sites (tertiary alicyclic amines) is 1. The van der Waals surface area contributed by atoms with Gasteiger partial charge in [-0.25, -0.2) is 0 Å². The van der Waals surface area contributed by atoms with Crippen LogP contribution in [0.5, 0.6) is 0 Å². The second-order valence-corrected chi connectivity index (χ2v) is 6.75. The van der Waals surface area contributed by atoms with E-state index in [0.29, 0.717) is 0 Å². The van der Waals surface area contributed by atoms with Gasteiger partial charge >= 0.3 is 0 Å². The van der Waals surface area contributed by atoms with Crippen LogP contribution in [0, 0.1) is 0 Å². The van der Waals surface area contributed by atoms with Gasteiger partial charge in [-0.3, -0.25) is 9.89 Å². The van der Waals surface area contributed by atoms with Crippen molar-refractivity contribution in [2.75, 3.05) is 72.1 Å². The zero-order chi connectivity index (χ0) is 16.9. The highest BCUT2D eigenvalue weighted by molar-refractivity contribution is 5.79. The number of hydrogen-bond acceptors (Lipinski definition) is 4. The van der Waals surface area contributed by atoms with Crippen LogP contribution in [0.15, 0.2) is 4.99 Å². The van der Waals surface area contributed by atoms with E-state index in [1.165, 1.54) is 45.3 Å². The van der Waals surface area contributed by atoms with Crippen molar-refractivity contribution in [1.29, 1.82) is 0 Å². The summed E-state index contributed by atoms with van der Waals surface area (Å²) in [7, 11) is 0. The Hall–Kier alpha value is -0.850. The average Bonchev–Trinajstić information content (AvgIpc) is 2.88. The molecule has 0 bridgehead atoms. The minimum Gasteiger partial charge on any atom is -0.379 e. The van der Waals surface area contributed by atoms with Gasteiger partial charge in [-0.1, -0.05) is 12.8 Å². The smallest absolute Gasteiger partial charge is 0.191 e. The van der Waals surface area contributed by atoms with Gasteiger partial charge < -0.3 is 20.3 Å². The SMILES string of the molecule is CCNC(=NCCCN1CCCCCC1)NCCN1CCOCC1. The molecule has 0 aromatic rings. The zero-order valence-corrected chi connectivity index (χ0v) is 15.6. The molecule has 0 atom stereocenters. The van der Waals surface area contributed by atoms with Crippen LogP contribution in [0.1, 0.15) is 39.0 Å². The minimum atomic E-state index is 0.866. The summed E-state index contributed by atoms with van der Waals surface area (Å²) in [5.74, 6) is 0.960. The fraction of sp³-hybridized carbons (Fsp3) is 0.944. The summed E-state index contributed by atoms with van der Waals surface area (Å²) in [5.41, 5.74) is 0. The summed E-state index contributed by atoms with van der Waals surface area (Å²) >= 11 is 0. The largest absolute Gasteiger partial charge is 0.379 e. The highest BCUT2D eigenvalue weighted by Gasteiger charge is 2.10. The Morgan fingerprint density at radius 1 is 0.917 bits per heavy atom. The molecule has 0 amide bonds. The first-order chi connectivity index (χ1) is 11.9. The second-order valence-electron chi connectivity index (χ2n) is 6.75. The minimum absolute atomic E-state index is 0.866. The van der Waals surface area contributed by atoms with Gasteiger partial charge in [-0.15, -0.1) is 0 Å². The third-order valence-corrected chi connectivity index (χ3v) is 4.77. The van der Waals surface area contributed by atoms with Gasteiger partial charge in [0.2, 0.25) is 0 Å². The van der Waals surface area contributed by atoms with E-state index in [9.17, 15) is 0 Å². The number of nitrogens with zero attached hydrogens (tertiary/aromatic N) is 3. The maximum absolute atomic E-state index is 5.39. The molecule has 24 heavy (non-hydrogen) atoms. The Morgan fingerprint density at radius 2 is 1.62 bits per heavy atom. The lowest BCUT2D eigenvalue weighted by Gasteiger charge is -2.26. The molecule has 6 heteroatoms. The molecule has 0 aromatic carbocycles. The lowest BCUT2D eigenvalue weighted by atomic mass is 10.2. The fourth-order valence-electron chi connectivity index (χ4n) is 3.34. The predicted molar refractivity (Wildman–Crippen MR) is 101 cm³/mol. The molecule has 2 aliphatic rings. The number of nitrogens with one attached hydrogen (secondary N) is 2. The van der Waals surface area contributed by atoms with Crippen molar-refractivity contribution < 1.29 is 4.74 Å². The monoisotopic (exact) mass is 339 g/mol. The summed E-state index contributed by atoms with van der Waals surface area (Å²) in [6.45, 7) is 13.5. The van der Waals surface area contributed by atoms with Gasteiger partial charge in [-0.2, -0.15) is 0 Å². The average molecular weight is 340 g/mol. The van der Waals surface area contributed by atoms with Crippen LogP contribution in [0.4, 0.5) is 0 Å². The van der Waals surface area contributed by atoms with Crippen LogP contribution in [0.2, 0.25) is 0 Å². The normalized spacial score (nSPS) is 21.5. The maximum Gasteiger partial charge on any atom is 0.191 e. The summed E-state index contributed by atoms with van der Waals surface area (Å²) in [6.07, 6.45) is 6.71. The van der Waals surface area contributed by atoms with E-state index in [0.717, 1.165) is 64.9 Å². The summed E-state index contributed by atoms with van der Waals surface area (Å²) in [6, 6.07) is 0. The Bertz CT molecular complexity index is 336. The van der Waals surface area contributed by atoms with Crippen LogP contribution < -0.4 is 10.6 Å². The van der Waals surface area contributed by atoms with Gasteiger partial charge in [0.25, 0.3) is 0 Å². The molecule has 0 aromatic heterocycles. The second kappa shape index (κ2) is 12.5. The molecular formula is C18H37N5O. The fourth-order valence-corrected chi connectivity index (χ4v) is 3.34. The van der Waals surface area contributed by atoms with Crippen molar-refractivity contribution >= 4 is 5.96 Å². The number of ether oxygens (including phenoxy) is 1. The quantitative estimate of drug-likeness (QED) is 0.395. The highest BCUT2D eigenvalue weighted by atomic mass is 16.5. The topological polar surface area (TPSA) is 52.1 Å². The van der Waals surface area contributed by atoms with Crippen LogP contribution in [-0.2, 0) is 4.74 Å². The standard InChI is InChI=1S/C18H37N5O/c1-2-19-18(21-9-13-23-14-16-24-17-15-23)20-8-7-12-22-10-5-3-4-6-11-22/h2-17H2,1H3,(H2,19,20,21). The number of aliphatic imine (C=N–C) groups is 1. The van der Waals surface area contributed by atoms with E-state index in [4.69, 9.17) is 9.73 Å². The number of hydrogen-bond donors (Lipinski definition) is 2. The molecule has 6 nitrogen and oxygen atoms in total. The molecule has 2 heterocycles. The molecule has 0 saturated carbocycles. The molecule has 0 unspecified atom stereocenters. The van der Waals surface area contributed by atoms with Gasteiger partial charge in [0.15, 0.2) is 5.96 Å². The van der Waals surface area contributed by atoms with Gasteiger partial charge in [0.05, 0.1) is 13.2 Å². The molecule has 140 valence electrons. The lowest BCUT2D eigenvalue weighted by molar-refractivity contribution is 0.0389. The molecule has 2 fully saturated rings. The molecule has 2 rings (SSSR count). The Kier molecular flexibility index (Phi) is 10.1. The van der Waals surface area contributed by atoms with E-state index in [1.807, 2.05) is 0 Å². The molecular weight excluding hydrogens is 302 g/mol. The van der Waals surface area contributed by atoms with E-state index in [1.54, 1.807) is 0 Å². The van der Waals surface area contributed by atoms with E-state index in [-0.39, 0.29) is 0 Å². The van der Waals surface area contributed by atoms with Gasteiger partial charge in [0, 0.05) is 39.3 Å². The Morgan fingerprint density at radius 3 is 2.33 bits per heavy atom. The molecule has 2 aliphatic heterocycles. The first-order valence-electron chi connectivity index (χ1n) is 9.93.